The average Bonchev–Trinajstić information content (AvgIpc) is 3.82. The second-order valence-corrected chi connectivity index (χ2v) is 14.3. The topological polar surface area (TPSA) is 142 Å². The highest BCUT2D eigenvalue weighted by atomic mass is 32.1. The molecule has 0 aliphatic heterocycles. The molecule has 0 bridgehead atoms. The van der Waals surface area contributed by atoms with Crippen molar-refractivity contribution in [3.8, 4) is 47.5 Å². The zero-order valence-electron chi connectivity index (χ0n) is 35.5. The summed E-state index contributed by atoms with van der Waals surface area (Å²) >= 11 is 1.52. The number of nitrogens with one attached hydrogen (secondary N) is 1. The number of alkyl halides is 3. The quantitative estimate of drug-likeness (QED) is 0.0680. The molecule has 0 fully saturated rings. The molecule has 17 heteroatoms. The van der Waals surface area contributed by atoms with Crippen LogP contribution in [-0.2, 0) is 39.3 Å². The maximum atomic E-state index is 13.7. The van der Waals surface area contributed by atoms with Crippen LogP contribution in [0.2, 0.25) is 0 Å². The van der Waals surface area contributed by atoms with Gasteiger partial charge in [0.05, 0.1) is 29.7 Å². The number of thiazole rings is 1. The highest BCUT2D eigenvalue weighted by Gasteiger charge is 2.34. The molecule has 0 amide bonds. The Morgan fingerprint density at radius 3 is 2.42 bits per heavy atom. The Hall–Kier alpha value is -7.10. The molecule has 2 N–H and O–H groups in total. The zero-order chi connectivity index (χ0) is 46.1. The molecule has 5 heterocycles. The Labute approximate surface area is 371 Å². The Kier molecular flexibility index (Phi) is 17.5. The average molecular weight is 893 g/mol. The van der Waals surface area contributed by atoms with Crippen LogP contribution in [-0.4, -0.2) is 59.4 Å². The van der Waals surface area contributed by atoms with Gasteiger partial charge in [0.1, 0.15) is 52.4 Å². The highest BCUT2D eigenvalue weighted by molar-refractivity contribution is 7.19. The zero-order valence-corrected chi connectivity index (χ0v) is 36.3. The Bertz CT molecular complexity index is 2890. The normalized spacial score (nSPS) is 10.6. The van der Waals surface area contributed by atoms with Crippen molar-refractivity contribution in [2.75, 3.05) is 19.8 Å². The lowest BCUT2D eigenvalue weighted by molar-refractivity contribution is -0.140. The van der Waals surface area contributed by atoms with Gasteiger partial charge in [0.15, 0.2) is 5.65 Å². The van der Waals surface area contributed by atoms with E-state index in [2.05, 4.69) is 61.6 Å². The monoisotopic (exact) mass is 892 g/mol. The number of fused-ring (bicyclic) bond motifs is 3. The molecule has 7 aromatic rings. The van der Waals surface area contributed by atoms with Gasteiger partial charge in [0.25, 0.3) is 5.56 Å². The maximum absolute atomic E-state index is 13.7. The summed E-state index contributed by atoms with van der Waals surface area (Å²) < 4.78 is 68.8. The fourth-order valence-electron chi connectivity index (χ4n) is 5.99. The van der Waals surface area contributed by atoms with E-state index in [1.807, 2.05) is 39.1 Å². The summed E-state index contributed by atoms with van der Waals surface area (Å²) in [6, 6.07) is 16.9. The Morgan fingerprint density at radius 1 is 0.984 bits per heavy atom. The summed E-state index contributed by atoms with van der Waals surface area (Å²) in [5, 5.41) is 26.5. The number of terminal acetylenes is 1. The second-order valence-electron chi connectivity index (χ2n) is 13.3. The van der Waals surface area contributed by atoms with Crippen molar-refractivity contribution in [3.05, 3.63) is 134 Å². The number of rotatable bonds is 13. The minimum Gasteiger partial charge on any atom is -0.493 e. The number of benzene rings is 2. The van der Waals surface area contributed by atoms with E-state index in [4.69, 9.17) is 14.5 Å². The largest absolute Gasteiger partial charge is 0.493 e. The van der Waals surface area contributed by atoms with Gasteiger partial charge in [-0.3, -0.25) is 9.78 Å². The molecule has 0 saturated heterocycles. The van der Waals surface area contributed by atoms with Gasteiger partial charge < -0.3 is 24.5 Å². The van der Waals surface area contributed by atoms with E-state index in [-0.39, 0.29) is 44.0 Å². The summed E-state index contributed by atoms with van der Waals surface area (Å²) in [6.45, 7) is 6.22. The van der Waals surface area contributed by atoms with Crippen molar-refractivity contribution < 1.29 is 32.1 Å². The van der Waals surface area contributed by atoms with E-state index in [9.17, 15) is 27.5 Å². The van der Waals surface area contributed by atoms with Crippen molar-refractivity contribution in [1.82, 2.24) is 39.8 Å². The molecule has 0 unspecified atom stereocenters. The third-order valence-electron chi connectivity index (χ3n) is 8.82. The molecule has 64 heavy (non-hydrogen) atoms. The van der Waals surface area contributed by atoms with Gasteiger partial charge >= 0.3 is 6.18 Å². The number of nitrogens with zero attached hydrogens (tertiary/aromatic N) is 7. The number of ether oxygens (including phenoxy) is 2. The molecule has 0 aliphatic rings. The molecule has 0 spiro atoms. The van der Waals surface area contributed by atoms with Crippen LogP contribution < -0.4 is 20.3 Å². The molecule has 0 radical (unpaired) electrons. The molecule has 7 rings (SSSR count). The van der Waals surface area contributed by atoms with Gasteiger partial charge in [-0.05, 0) is 78.9 Å². The molecular weight excluding hydrogens is 849 g/mol. The van der Waals surface area contributed by atoms with Crippen LogP contribution in [0.4, 0.5) is 17.6 Å². The molecule has 12 nitrogen and oxygen atoms in total. The second kappa shape index (κ2) is 23.4. The summed E-state index contributed by atoms with van der Waals surface area (Å²) in [6.07, 6.45) is 4.15. The standard InChI is InChI=1S/C42H34F4N8O4S.C3H4.C2H6/c1-53-38-33(39-40(53)50-37(59-39)23-31-8-2-4-16-48-31)25-49-54(41(38)56)18-6-9-30-12-11-29(51-52-30)7-3-5-20-57-32-13-15-36(28(22-32)24-47-17-19-55)58-26-27-10-14-35(43)34(21-27)42(44,45)46;1-3-2;1-2/h2,4,8,10-16,21-22,25,47,55H,5,17-20,23-24,26H2,1H3;1H,2H3;1-2H3. The van der Waals surface area contributed by atoms with E-state index < -0.39 is 17.6 Å². The number of pyridine rings is 1. The number of aliphatic hydroxyl groups excluding tert-OH is 1. The van der Waals surface area contributed by atoms with E-state index in [0.717, 1.165) is 38.6 Å². The lowest BCUT2D eigenvalue weighted by Crippen LogP contribution is -2.23. The van der Waals surface area contributed by atoms with Gasteiger partial charge in [-0.15, -0.1) is 33.9 Å². The van der Waals surface area contributed by atoms with Gasteiger partial charge in [-0.25, -0.2) is 14.1 Å². The Morgan fingerprint density at radius 2 is 1.73 bits per heavy atom. The first kappa shape index (κ1) is 47.9. The van der Waals surface area contributed by atoms with Crippen molar-refractivity contribution >= 4 is 32.6 Å². The highest BCUT2D eigenvalue weighted by Crippen LogP contribution is 2.33. The molecule has 330 valence electrons. The number of halogens is 4. The van der Waals surface area contributed by atoms with Crippen LogP contribution in [0.25, 0.3) is 21.3 Å². The molecule has 0 saturated carbocycles. The third-order valence-corrected chi connectivity index (χ3v) is 9.89. The van der Waals surface area contributed by atoms with E-state index in [1.54, 1.807) is 54.2 Å². The van der Waals surface area contributed by atoms with Crippen LogP contribution in [0.5, 0.6) is 11.5 Å². The fourth-order valence-corrected chi connectivity index (χ4v) is 7.11. The van der Waals surface area contributed by atoms with Crippen LogP contribution in [0.1, 0.15) is 66.0 Å². The number of hydrogen-bond donors (Lipinski definition) is 2. The minimum atomic E-state index is -4.83. The van der Waals surface area contributed by atoms with Crippen molar-refractivity contribution in [2.45, 2.75) is 59.5 Å². The van der Waals surface area contributed by atoms with Gasteiger partial charge in [0, 0.05) is 55.8 Å². The third kappa shape index (κ3) is 12.7. The SMILES string of the molecule is C#CC.CC.Cn1c2nc(Cc3ccccn3)sc2c2cnn(CC#Cc3ccc(C#CCCOc4ccc(OCc5ccc(F)c(C(F)(F)F)c5)c(CNCCO)c4)nn3)c(=O)c21. The molecular formula is C47H44F4N8O4S. The molecule has 0 aliphatic carbocycles. The van der Waals surface area contributed by atoms with Crippen LogP contribution in [0, 0.1) is 41.8 Å². The summed E-state index contributed by atoms with van der Waals surface area (Å²) in [5.41, 5.74) is 2.13. The lowest BCUT2D eigenvalue weighted by atomic mass is 10.1. The molecule has 2 aromatic carbocycles. The molecule has 5 aromatic heterocycles. The first-order valence-electron chi connectivity index (χ1n) is 20.0. The van der Waals surface area contributed by atoms with Crippen LogP contribution in [0.15, 0.2) is 83.9 Å². The number of aliphatic hydroxyl groups is 1. The predicted molar refractivity (Wildman–Crippen MR) is 238 cm³/mol. The van der Waals surface area contributed by atoms with Gasteiger partial charge in [0.2, 0.25) is 0 Å². The van der Waals surface area contributed by atoms with Crippen molar-refractivity contribution in [2.24, 2.45) is 7.05 Å². The smallest absolute Gasteiger partial charge is 0.419 e. The van der Waals surface area contributed by atoms with E-state index >= 15 is 0 Å². The summed E-state index contributed by atoms with van der Waals surface area (Å²) in [4.78, 5) is 22.5. The molecule has 0 atom stereocenters. The number of hydrogen-bond acceptors (Lipinski definition) is 11. The predicted octanol–water partition coefficient (Wildman–Crippen LogP) is 7.48. The lowest BCUT2D eigenvalue weighted by Gasteiger charge is -2.15. The van der Waals surface area contributed by atoms with Gasteiger partial charge in [-0.1, -0.05) is 37.8 Å². The van der Waals surface area contributed by atoms with Crippen molar-refractivity contribution in [3.63, 3.8) is 0 Å². The first-order chi connectivity index (χ1) is 31.0. The Balaban J connectivity index is 0.00000148. The number of aryl methyl sites for hydroxylation is 1. The minimum absolute atomic E-state index is 0.0493. The van der Waals surface area contributed by atoms with E-state index in [0.29, 0.717) is 53.4 Å². The maximum Gasteiger partial charge on any atom is 0.419 e. The number of aromatic nitrogens is 7. The summed E-state index contributed by atoms with van der Waals surface area (Å²) in [5.74, 6) is 13.6. The van der Waals surface area contributed by atoms with E-state index in [1.165, 1.54) is 22.1 Å². The van der Waals surface area contributed by atoms with Crippen molar-refractivity contribution in [1.29, 1.82) is 0 Å². The van der Waals surface area contributed by atoms with Crippen LogP contribution in [0.3, 0.4) is 0 Å². The van der Waals surface area contributed by atoms with Crippen LogP contribution >= 0.6 is 11.3 Å². The first-order valence-corrected chi connectivity index (χ1v) is 20.8. The fraction of sp³-hybridized carbons (Fsp3) is 0.277. The van der Waals surface area contributed by atoms with Gasteiger partial charge in [-0.2, -0.15) is 18.3 Å². The summed E-state index contributed by atoms with van der Waals surface area (Å²) in [7, 11) is 1.82.